The molecular formula is C26H18F3N3O3S. The number of hydrogen-bond acceptors (Lipinski definition) is 6. The highest BCUT2D eigenvalue weighted by molar-refractivity contribution is 7.22. The third kappa shape index (κ3) is 4.31. The number of fused-ring (bicyclic) bond motifs is 2. The molecule has 3 aromatic carbocycles. The molecule has 5 aromatic rings. The number of aromatic nitrogens is 2. The van der Waals surface area contributed by atoms with Gasteiger partial charge in [-0.2, -0.15) is 13.2 Å². The second-order valence-corrected chi connectivity index (χ2v) is 8.80. The monoisotopic (exact) mass is 509 g/mol. The molecule has 10 heteroatoms. The molecule has 0 fully saturated rings. The van der Waals surface area contributed by atoms with Gasteiger partial charge >= 0.3 is 6.18 Å². The van der Waals surface area contributed by atoms with Gasteiger partial charge in [0.25, 0.3) is 5.56 Å². The normalized spacial score (nSPS) is 12.1. The zero-order valence-electron chi connectivity index (χ0n) is 18.8. The van der Waals surface area contributed by atoms with Crippen LogP contribution >= 0.6 is 11.3 Å². The molecule has 2 heterocycles. The number of aromatic hydroxyl groups is 1. The third-order valence-corrected chi connectivity index (χ3v) is 6.43. The van der Waals surface area contributed by atoms with E-state index in [1.54, 1.807) is 24.3 Å². The van der Waals surface area contributed by atoms with Crippen LogP contribution in [0.3, 0.4) is 0 Å². The molecule has 6 nitrogen and oxygen atoms in total. The first-order valence-corrected chi connectivity index (χ1v) is 11.7. The molecule has 0 radical (unpaired) electrons. The second kappa shape index (κ2) is 9.12. The molecule has 0 bridgehead atoms. The van der Waals surface area contributed by atoms with E-state index in [2.05, 4.69) is 9.98 Å². The molecule has 0 aliphatic rings. The van der Waals surface area contributed by atoms with E-state index in [9.17, 15) is 23.1 Å². The van der Waals surface area contributed by atoms with Crippen LogP contribution in [0.4, 0.5) is 18.3 Å². The molecule has 0 atom stereocenters. The van der Waals surface area contributed by atoms with Gasteiger partial charge in [0, 0.05) is 17.0 Å². The lowest BCUT2D eigenvalue weighted by Gasteiger charge is -2.15. The van der Waals surface area contributed by atoms with Crippen molar-refractivity contribution in [3.8, 4) is 17.3 Å². The number of thiazole rings is 1. The Hall–Kier alpha value is -4.18. The number of halogens is 3. The highest BCUT2D eigenvalue weighted by Gasteiger charge is 2.31. The number of rotatable bonds is 5. The van der Waals surface area contributed by atoms with Crippen LogP contribution < -0.4 is 10.3 Å². The Morgan fingerprint density at radius 2 is 1.86 bits per heavy atom. The minimum Gasteiger partial charge on any atom is -0.494 e. The highest BCUT2D eigenvalue weighted by Crippen LogP contribution is 2.34. The summed E-state index contributed by atoms with van der Waals surface area (Å²) in [6, 6.07) is 16.2. The largest absolute Gasteiger partial charge is 0.494 e. The van der Waals surface area contributed by atoms with Crippen molar-refractivity contribution in [3.05, 3.63) is 88.2 Å². The summed E-state index contributed by atoms with van der Waals surface area (Å²) < 4.78 is 47.1. The predicted octanol–water partition coefficient (Wildman–Crippen LogP) is 6.47. The molecule has 0 amide bonds. The maximum absolute atomic E-state index is 13.3. The molecular weight excluding hydrogens is 491 g/mol. The Balaban J connectivity index is 1.65. The van der Waals surface area contributed by atoms with Crippen molar-refractivity contribution in [2.45, 2.75) is 13.1 Å². The van der Waals surface area contributed by atoms with E-state index in [0.717, 1.165) is 26.9 Å². The van der Waals surface area contributed by atoms with Crippen LogP contribution in [0, 0.1) is 0 Å². The molecule has 5 rings (SSSR count). The van der Waals surface area contributed by atoms with Crippen molar-refractivity contribution < 1.29 is 23.0 Å². The summed E-state index contributed by atoms with van der Waals surface area (Å²) in [4.78, 5) is 22.1. The second-order valence-electron chi connectivity index (χ2n) is 7.79. The van der Waals surface area contributed by atoms with Crippen LogP contribution in [0.15, 0.2) is 76.5 Å². The Morgan fingerprint density at radius 1 is 1.08 bits per heavy atom. The lowest BCUT2D eigenvalue weighted by molar-refractivity contribution is -0.137. The van der Waals surface area contributed by atoms with Gasteiger partial charge in [-0.1, -0.05) is 35.6 Å². The van der Waals surface area contributed by atoms with Gasteiger partial charge in [0.05, 0.1) is 33.6 Å². The number of alkyl halides is 3. The van der Waals surface area contributed by atoms with E-state index in [0.29, 0.717) is 22.9 Å². The molecule has 0 spiro atoms. The fourth-order valence-electron chi connectivity index (χ4n) is 3.87. The van der Waals surface area contributed by atoms with E-state index < -0.39 is 23.2 Å². The summed E-state index contributed by atoms with van der Waals surface area (Å²) in [6.45, 7) is 2.42. The van der Waals surface area contributed by atoms with E-state index >= 15 is 0 Å². The summed E-state index contributed by atoms with van der Waals surface area (Å²) in [5, 5.41) is 12.1. The number of aliphatic imine (C=N–C) groups is 1. The number of ether oxygens (including phenoxy) is 1. The van der Waals surface area contributed by atoms with E-state index in [1.165, 1.54) is 29.7 Å². The lowest BCUT2D eigenvalue weighted by atomic mass is 10.1. The summed E-state index contributed by atoms with van der Waals surface area (Å²) in [5.41, 5.74) is -0.801. The van der Waals surface area contributed by atoms with Gasteiger partial charge in [-0.3, -0.25) is 4.79 Å². The molecule has 0 aliphatic carbocycles. The quantitative estimate of drug-likeness (QED) is 0.275. The van der Waals surface area contributed by atoms with Gasteiger partial charge in [-0.15, -0.1) is 0 Å². The van der Waals surface area contributed by atoms with Crippen LogP contribution in [-0.4, -0.2) is 27.5 Å². The average Bonchev–Trinajstić information content (AvgIpc) is 3.26. The van der Waals surface area contributed by atoms with Gasteiger partial charge < -0.3 is 9.84 Å². The van der Waals surface area contributed by atoms with Crippen molar-refractivity contribution in [2.24, 2.45) is 4.99 Å². The Morgan fingerprint density at radius 3 is 2.61 bits per heavy atom. The third-order valence-electron chi connectivity index (χ3n) is 5.50. The molecule has 2 aromatic heterocycles. The zero-order chi connectivity index (χ0) is 25.4. The summed E-state index contributed by atoms with van der Waals surface area (Å²) in [7, 11) is 0. The molecule has 0 saturated heterocycles. The fraction of sp³-hybridized carbons (Fsp3) is 0.115. The maximum atomic E-state index is 13.3. The summed E-state index contributed by atoms with van der Waals surface area (Å²) in [5.74, 6) is 0.183. The standard InChI is InChI=1S/C26H18F3N3O3S/c1-2-35-17-10-11-21-22(13-17)36-25(31-21)30-14-20-18-8-3-4-9-19(18)23(33)32(24(20)34)16-7-5-6-15(12-16)26(27,28)29/h3-14,34H,2H2,1H3. The minimum atomic E-state index is -4.61. The average molecular weight is 510 g/mol. The lowest BCUT2D eigenvalue weighted by Crippen LogP contribution is -2.20. The van der Waals surface area contributed by atoms with Gasteiger partial charge in [0.2, 0.25) is 11.0 Å². The van der Waals surface area contributed by atoms with Gasteiger partial charge in [0.1, 0.15) is 5.75 Å². The molecule has 0 unspecified atom stereocenters. The summed E-state index contributed by atoms with van der Waals surface area (Å²) >= 11 is 1.31. The van der Waals surface area contributed by atoms with Crippen LogP contribution in [0.2, 0.25) is 0 Å². The number of hydrogen-bond donors (Lipinski definition) is 1. The zero-order valence-corrected chi connectivity index (χ0v) is 19.6. The molecule has 0 saturated carbocycles. The number of nitrogens with zero attached hydrogens (tertiary/aromatic N) is 3. The Kier molecular flexibility index (Phi) is 5.97. The van der Waals surface area contributed by atoms with Gasteiger partial charge in [0.15, 0.2) is 0 Å². The first kappa shape index (κ1) is 23.6. The van der Waals surface area contributed by atoms with Crippen LogP contribution in [-0.2, 0) is 6.18 Å². The van der Waals surface area contributed by atoms with Crippen LogP contribution in [0.5, 0.6) is 11.6 Å². The Bertz CT molecular complexity index is 1690. The fourth-order valence-corrected chi connectivity index (χ4v) is 4.71. The van der Waals surface area contributed by atoms with Crippen molar-refractivity contribution in [1.29, 1.82) is 0 Å². The maximum Gasteiger partial charge on any atom is 0.416 e. The van der Waals surface area contributed by atoms with E-state index in [4.69, 9.17) is 4.74 Å². The topological polar surface area (TPSA) is 76.7 Å². The van der Waals surface area contributed by atoms with E-state index in [-0.39, 0.29) is 16.6 Å². The smallest absolute Gasteiger partial charge is 0.416 e. The van der Waals surface area contributed by atoms with Crippen molar-refractivity contribution in [2.75, 3.05) is 6.61 Å². The first-order chi connectivity index (χ1) is 17.3. The minimum absolute atomic E-state index is 0.115. The molecule has 1 N–H and O–H groups in total. The van der Waals surface area contributed by atoms with Crippen molar-refractivity contribution in [1.82, 2.24) is 9.55 Å². The van der Waals surface area contributed by atoms with Crippen LogP contribution in [0.1, 0.15) is 18.1 Å². The van der Waals surface area contributed by atoms with Crippen LogP contribution in [0.25, 0.3) is 26.7 Å². The van der Waals surface area contributed by atoms with Gasteiger partial charge in [-0.25, -0.2) is 14.5 Å². The molecule has 36 heavy (non-hydrogen) atoms. The molecule has 0 aliphatic heterocycles. The summed E-state index contributed by atoms with van der Waals surface area (Å²) in [6.07, 6.45) is -3.24. The van der Waals surface area contributed by atoms with Crippen molar-refractivity contribution >= 4 is 43.7 Å². The molecule has 182 valence electrons. The first-order valence-electron chi connectivity index (χ1n) is 10.9. The predicted molar refractivity (Wildman–Crippen MR) is 134 cm³/mol. The van der Waals surface area contributed by atoms with Gasteiger partial charge in [-0.05, 0) is 49.4 Å². The Labute approximate surface area is 206 Å². The van der Waals surface area contributed by atoms with E-state index in [1.807, 2.05) is 25.1 Å². The van der Waals surface area contributed by atoms with Crippen molar-refractivity contribution in [3.63, 3.8) is 0 Å². The SMILES string of the molecule is CCOc1ccc2nc(N=Cc3c(O)n(-c4cccc(C(F)(F)F)c4)c(=O)c4ccccc34)sc2c1. The highest BCUT2D eigenvalue weighted by atomic mass is 32.1. The number of benzene rings is 3. The number of pyridine rings is 1.